The number of esters is 1. The zero-order valence-corrected chi connectivity index (χ0v) is 26.9. The predicted octanol–water partition coefficient (Wildman–Crippen LogP) is 10.1. The molecule has 38 heavy (non-hydrogen) atoms. The third kappa shape index (κ3) is 31.6. The lowest BCUT2D eigenvalue weighted by Gasteiger charge is -2.21. The summed E-state index contributed by atoms with van der Waals surface area (Å²) >= 11 is 0. The van der Waals surface area contributed by atoms with E-state index in [9.17, 15) is 4.79 Å². The van der Waals surface area contributed by atoms with Crippen molar-refractivity contribution in [3.05, 3.63) is 0 Å². The fraction of sp³-hybridized carbons (Fsp3) is 0.971. The fourth-order valence-electron chi connectivity index (χ4n) is 4.91. The van der Waals surface area contributed by atoms with Crippen LogP contribution in [0.2, 0.25) is 0 Å². The number of aliphatic hydroxyl groups excluding tert-OH is 1. The van der Waals surface area contributed by atoms with Crippen molar-refractivity contribution in [1.82, 2.24) is 4.90 Å². The number of ether oxygens (including phenoxy) is 1. The maximum Gasteiger partial charge on any atom is 0.305 e. The molecule has 0 aliphatic carbocycles. The summed E-state index contributed by atoms with van der Waals surface area (Å²) in [4.78, 5) is 14.6. The Hall–Kier alpha value is -0.610. The second-order valence-corrected chi connectivity index (χ2v) is 11.4. The van der Waals surface area contributed by atoms with E-state index in [1.807, 2.05) is 0 Å². The van der Waals surface area contributed by atoms with Crippen LogP contribution in [0.4, 0.5) is 0 Å². The molecule has 4 heteroatoms. The SMILES string of the molecule is CCCCCCC.CCCCCCCCCCC(CCCCC)COC(=O)CCCN(CCC)CCCO. The first-order valence-electron chi connectivity index (χ1n) is 17.1. The first-order valence-corrected chi connectivity index (χ1v) is 17.1. The molecule has 0 fully saturated rings. The van der Waals surface area contributed by atoms with Crippen LogP contribution in [0.5, 0.6) is 0 Å². The van der Waals surface area contributed by atoms with Crippen molar-refractivity contribution >= 4 is 5.97 Å². The minimum absolute atomic E-state index is 0.0324. The van der Waals surface area contributed by atoms with Crippen molar-refractivity contribution in [3.63, 3.8) is 0 Å². The molecule has 0 saturated carbocycles. The van der Waals surface area contributed by atoms with Crippen LogP contribution in [0.15, 0.2) is 0 Å². The maximum absolute atomic E-state index is 12.3. The lowest BCUT2D eigenvalue weighted by atomic mass is 9.95. The van der Waals surface area contributed by atoms with E-state index in [0.29, 0.717) is 18.9 Å². The molecule has 0 amide bonds. The van der Waals surface area contributed by atoms with Crippen LogP contribution in [0.3, 0.4) is 0 Å². The van der Waals surface area contributed by atoms with Crippen molar-refractivity contribution in [2.24, 2.45) is 5.92 Å². The molecular weight excluding hydrogens is 470 g/mol. The smallest absolute Gasteiger partial charge is 0.305 e. The van der Waals surface area contributed by atoms with E-state index in [4.69, 9.17) is 9.84 Å². The summed E-state index contributed by atoms with van der Waals surface area (Å²) in [6, 6.07) is 0. The first-order chi connectivity index (χ1) is 18.6. The highest BCUT2D eigenvalue weighted by molar-refractivity contribution is 5.69. The molecular formula is C34H71NO3. The lowest BCUT2D eigenvalue weighted by Crippen LogP contribution is -2.28. The average Bonchev–Trinajstić information content (AvgIpc) is 2.92. The quantitative estimate of drug-likeness (QED) is 0.0790. The van der Waals surface area contributed by atoms with Gasteiger partial charge < -0.3 is 14.7 Å². The minimum Gasteiger partial charge on any atom is -0.465 e. The van der Waals surface area contributed by atoms with Gasteiger partial charge in [-0.1, -0.05) is 137 Å². The van der Waals surface area contributed by atoms with Gasteiger partial charge in [-0.15, -0.1) is 0 Å². The van der Waals surface area contributed by atoms with E-state index in [2.05, 4.69) is 39.5 Å². The summed E-state index contributed by atoms with van der Waals surface area (Å²) in [6.07, 6.45) is 27.3. The summed E-state index contributed by atoms with van der Waals surface area (Å²) in [5, 5.41) is 9.03. The molecule has 0 saturated heterocycles. The third-order valence-electron chi connectivity index (χ3n) is 7.40. The largest absolute Gasteiger partial charge is 0.465 e. The zero-order chi connectivity index (χ0) is 28.5. The highest BCUT2D eigenvalue weighted by Crippen LogP contribution is 2.19. The molecule has 0 aromatic carbocycles. The molecule has 0 spiro atoms. The van der Waals surface area contributed by atoms with Crippen LogP contribution in [0, 0.1) is 5.92 Å². The molecule has 230 valence electrons. The summed E-state index contributed by atoms with van der Waals surface area (Å²) in [5.74, 6) is 0.506. The molecule has 0 rings (SSSR count). The number of aliphatic hydroxyl groups is 1. The van der Waals surface area contributed by atoms with E-state index in [0.717, 1.165) is 38.9 Å². The normalized spacial score (nSPS) is 11.9. The lowest BCUT2D eigenvalue weighted by molar-refractivity contribution is -0.145. The predicted molar refractivity (Wildman–Crippen MR) is 168 cm³/mol. The van der Waals surface area contributed by atoms with Crippen LogP contribution in [0.1, 0.15) is 176 Å². The standard InChI is InChI=1S/C27H55NO3.C7H16/c1-4-7-9-10-11-12-13-15-19-26(18-14-8-5-2)25-31-27(30)20-16-22-28(21-6-3)23-17-24-29;1-3-5-7-6-4-2/h26,29H,4-25H2,1-3H3;3-7H2,1-2H3. The van der Waals surface area contributed by atoms with E-state index in [1.54, 1.807) is 0 Å². The number of rotatable bonds is 28. The number of unbranched alkanes of at least 4 members (excludes halogenated alkanes) is 13. The van der Waals surface area contributed by atoms with Gasteiger partial charge in [0.1, 0.15) is 0 Å². The minimum atomic E-state index is -0.0324. The molecule has 0 aliphatic heterocycles. The van der Waals surface area contributed by atoms with E-state index in [1.165, 1.54) is 116 Å². The van der Waals surface area contributed by atoms with Gasteiger partial charge in [-0.2, -0.15) is 0 Å². The highest BCUT2D eigenvalue weighted by Gasteiger charge is 2.13. The summed E-state index contributed by atoms with van der Waals surface area (Å²) < 4.78 is 5.68. The second kappa shape index (κ2) is 34.4. The number of carbonyl (C=O) groups excluding carboxylic acids is 1. The monoisotopic (exact) mass is 542 g/mol. The first kappa shape index (κ1) is 39.5. The van der Waals surface area contributed by atoms with Gasteiger partial charge >= 0.3 is 5.97 Å². The molecule has 0 heterocycles. The Morgan fingerprint density at radius 2 is 1.03 bits per heavy atom. The fourth-order valence-corrected chi connectivity index (χ4v) is 4.91. The Morgan fingerprint density at radius 3 is 1.55 bits per heavy atom. The number of hydrogen-bond donors (Lipinski definition) is 1. The van der Waals surface area contributed by atoms with Crippen LogP contribution in [-0.2, 0) is 9.53 Å². The van der Waals surface area contributed by atoms with Crippen LogP contribution >= 0.6 is 0 Å². The Kier molecular flexibility index (Phi) is 35.8. The average molecular weight is 542 g/mol. The summed E-state index contributed by atoms with van der Waals surface area (Å²) in [6.45, 7) is 14.9. The Balaban J connectivity index is 0. The van der Waals surface area contributed by atoms with Crippen molar-refractivity contribution in [3.8, 4) is 0 Å². The summed E-state index contributed by atoms with van der Waals surface area (Å²) in [5.41, 5.74) is 0. The van der Waals surface area contributed by atoms with Crippen LogP contribution in [-0.4, -0.2) is 48.8 Å². The van der Waals surface area contributed by atoms with Crippen LogP contribution in [0.25, 0.3) is 0 Å². The zero-order valence-electron chi connectivity index (χ0n) is 26.9. The van der Waals surface area contributed by atoms with Gasteiger partial charge in [0.05, 0.1) is 6.61 Å². The Bertz CT molecular complexity index is 439. The van der Waals surface area contributed by atoms with Crippen molar-refractivity contribution in [2.45, 2.75) is 176 Å². The molecule has 1 unspecified atom stereocenters. The van der Waals surface area contributed by atoms with Gasteiger partial charge in [0, 0.05) is 19.6 Å². The van der Waals surface area contributed by atoms with Gasteiger partial charge in [0.25, 0.3) is 0 Å². The van der Waals surface area contributed by atoms with E-state index >= 15 is 0 Å². The Labute approximate surface area is 240 Å². The molecule has 1 N–H and O–H groups in total. The molecule has 4 nitrogen and oxygen atoms in total. The molecule has 0 radical (unpaired) electrons. The highest BCUT2D eigenvalue weighted by atomic mass is 16.5. The topological polar surface area (TPSA) is 49.8 Å². The third-order valence-corrected chi connectivity index (χ3v) is 7.40. The van der Waals surface area contributed by atoms with Gasteiger partial charge in [-0.05, 0) is 51.1 Å². The van der Waals surface area contributed by atoms with Gasteiger partial charge in [-0.3, -0.25) is 4.79 Å². The Morgan fingerprint density at radius 1 is 0.579 bits per heavy atom. The molecule has 1 atom stereocenters. The molecule has 0 aromatic rings. The van der Waals surface area contributed by atoms with E-state index < -0.39 is 0 Å². The van der Waals surface area contributed by atoms with Crippen molar-refractivity contribution < 1.29 is 14.6 Å². The van der Waals surface area contributed by atoms with Gasteiger partial charge in [0.15, 0.2) is 0 Å². The van der Waals surface area contributed by atoms with Crippen molar-refractivity contribution in [2.75, 3.05) is 32.8 Å². The van der Waals surface area contributed by atoms with Crippen molar-refractivity contribution in [1.29, 1.82) is 0 Å². The number of nitrogens with zero attached hydrogens (tertiary/aromatic N) is 1. The number of hydrogen-bond acceptors (Lipinski definition) is 4. The van der Waals surface area contributed by atoms with E-state index in [-0.39, 0.29) is 12.6 Å². The number of carbonyl (C=O) groups is 1. The second-order valence-electron chi connectivity index (χ2n) is 11.4. The summed E-state index contributed by atoms with van der Waals surface area (Å²) in [7, 11) is 0. The molecule has 0 bridgehead atoms. The van der Waals surface area contributed by atoms with Gasteiger partial charge in [-0.25, -0.2) is 0 Å². The molecule has 0 aromatic heterocycles. The molecule has 0 aliphatic rings. The van der Waals surface area contributed by atoms with Crippen LogP contribution < -0.4 is 0 Å². The maximum atomic E-state index is 12.3. The van der Waals surface area contributed by atoms with Gasteiger partial charge in [0.2, 0.25) is 0 Å².